The minimum atomic E-state index is -4.70. The zero-order valence-corrected chi connectivity index (χ0v) is 17.8. The largest absolute Gasteiger partial charge is 0.493 e. The van der Waals surface area contributed by atoms with Crippen LogP contribution in [0.25, 0.3) is 11.0 Å². The molecule has 10 heteroatoms. The van der Waals surface area contributed by atoms with Crippen LogP contribution >= 0.6 is 0 Å². The van der Waals surface area contributed by atoms with Crippen LogP contribution in [0.2, 0.25) is 0 Å². The molecule has 1 amide bonds. The van der Waals surface area contributed by atoms with Crippen molar-refractivity contribution in [3.05, 3.63) is 53.9 Å². The Bertz CT molecular complexity index is 1120. The van der Waals surface area contributed by atoms with Gasteiger partial charge in [-0.25, -0.2) is 10.4 Å². The molecule has 0 atom stereocenters. The van der Waals surface area contributed by atoms with Gasteiger partial charge in [-0.1, -0.05) is 26.0 Å². The van der Waals surface area contributed by atoms with E-state index in [1.807, 2.05) is 13.8 Å². The summed E-state index contributed by atoms with van der Waals surface area (Å²) >= 11 is 0. The van der Waals surface area contributed by atoms with Gasteiger partial charge in [0.2, 0.25) is 5.82 Å². The fraction of sp³-hybridized carbons (Fsp3) is 0.318. The Morgan fingerprint density at radius 2 is 1.97 bits per heavy atom. The van der Waals surface area contributed by atoms with Crippen LogP contribution in [0.4, 0.5) is 13.2 Å². The van der Waals surface area contributed by atoms with Crippen molar-refractivity contribution in [2.75, 3.05) is 13.7 Å². The molecule has 0 bridgehead atoms. The standard InChI is InChI=1S/C22H23F3N4O3/c1-14(2)13-32-18-9-8-15(10-19(18)31-3)11-26-28-20(30)12-29-17-7-5-4-6-16(17)27-21(29)22(23,24)25/h4-11,14H,12-13H2,1-3H3,(H,28,30)/b26-11+. The molecule has 0 aliphatic carbocycles. The van der Waals surface area contributed by atoms with Gasteiger partial charge in [0.25, 0.3) is 5.91 Å². The summed E-state index contributed by atoms with van der Waals surface area (Å²) in [5, 5.41) is 3.84. The van der Waals surface area contributed by atoms with E-state index in [2.05, 4.69) is 15.5 Å². The number of fused-ring (bicyclic) bond motifs is 1. The molecular formula is C22H23F3N4O3. The van der Waals surface area contributed by atoms with E-state index in [0.29, 0.717) is 29.6 Å². The van der Waals surface area contributed by atoms with Crippen molar-refractivity contribution in [2.24, 2.45) is 11.0 Å². The summed E-state index contributed by atoms with van der Waals surface area (Å²) in [5.74, 6) is -0.436. The molecule has 0 saturated heterocycles. The molecule has 1 aromatic heterocycles. The number of carbonyl (C=O) groups excluding carboxylic acids is 1. The van der Waals surface area contributed by atoms with Gasteiger partial charge < -0.3 is 14.0 Å². The summed E-state index contributed by atoms with van der Waals surface area (Å²) in [6.07, 6.45) is -3.33. The Balaban J connectivity index is 1.70. The molecule has 0 unspecified atom stereocenters. The number of hydrogen-bond donors (Lipinski definition) is 1. The number of para-hydroxylation sites is 2. The molecule has 0 radical (unpaired) electrons. The number of hydrazone groups is 1. The highest BCUT2D eigenvalue weighted by Crippen LogP contribution is 2.31. The Hall–Kier alpha value is -3.56. The lowest BCUT2D eigenvalue weighted by Crippen LogP contribution is -2.26. The van der Waals surface area contributed by atoms with Gasteiger partial charge in [-0.15, -0.1) is 0 Å². The highest BCUT2D eigenvalue weighted by Gasteiger charge is 2.37. The predicted molar refractivity (Wildman–Crippen MR) is 114 cm³/mol. The average Bonchev–Trinajstić information content (AvgIpc) is 3.11. The quantitative estimate of drug-likeness (QED) is 0.413. The Labute approximate surface area is 182 Å². The number of nitrogens with zero attached hydrogens (tertiary/aromatic N) is 3. The molecule has 3 rings (SSSR count). The second-order valence-electron chi connectivity index (χ2n) is 7.42. The maximum atomic E-state index is 13.3. The van der Waals surface area contributed by atoms with Gasteiger partial charge in [-0.2, -0.15) is 18.3 Å². The summed E-state index contributed by atoms with van der Waals surface area (Å²) in [6.45, 7) is 4.00. The lowest BCUT2D eigenvalue weighted by Gasteiger charge is -2.12. The van der Waals surface area contributed by atoms with Crippen LogP contribution in [0.1, 0.15) is 25.2 Å². The molecule has 7 nitrogen and oxygen atoms in total. The average molecular weight is 448 g/mol. The molecule has 0 aliphatic heterocycles. The van der Waals surface area contributed by atoms with E-state index >= 15 is 0 Å². The van der Waals surface area contributed by atoms with E-state index in [1.54, 1.807) is 30.3 Å². The number of alkyl halides is 3. The Morgan fingerprint density at radius 3 is 2.66 bits per heavy atom. The van der Waals surface area contributed by atoms with Crippen LogP contribution < -0.4 is 14.9 Å². The lowest BCUT2D eigenvalue weighted by atomic mass is 10.2. The monoisotopic (exact) mass is 448 g/mol. The number of carbonyl (C=O) groups is 1. The molecule has 0 fully saturated rings. The third-order valence-corrected chi connectivity index (χ3v) is 4.37. The lowest BCUT2D eigenvalue weighted by molar-refractivity contribution is -0.147. The van der Waals surface area contributed by atoms with Gasteiger partial charge in [-0.05, 0) is 41.8 Å². The normalized spacial score (nSPS) is 12.0. The number of imidazole rings is 1. The van der Waals surface area contributed by atoms with Gasteiger partial charge in [0.05, 0.1) is 31.0 Å². The molecule has 32 heavy (non-hydrogen) atoms. The summed E-state index contributed by atoms with van der Waals surface area (Å²) < 4.78 is 51.9. The SMILES string of the molecule is COc1cc(/C=N/NC(=O)Cn2c(C(F)(F)F)nc3ccccc32)ccc1OCC(C)C. The molecule has 3 aromatic rings. The number of amides is 1. The van der Waals surface area contributed by atoms with E-state index in [1.165, 1.54) is 25.5 Å². The van der Waals surface area contributed by atoms with E-state index in [4.69, 9.17) is 9.47 Å². The van der Waals surface area contributed by atoms with Crippen molar-refractivity contribution >= 4 is 23.2 Å². The summed E-state index contributed by atoms with van der Waals surface area (Å²) in [6, 6.07) is 11.2. The van der Waals surface area contributed by atoms with Crippen molar-refractivity contribution in [3.63, 3.8) is 0 Å². The van der Waals surface area contributed by atoms with Crippen LogP contribution in [0, 0.1) is 5.92 Å². The topological polar surface area (TPSA) is 77.7 Å². The number of benzene rings is 2. The van der Waals surface area contributed by atoms with E-state index in [-0.39, 0.29) is 11.0 Å². The summed E-state index contributed by atoms with van der Waals surface area (Å²) in [7, 11) is 1.51. The van der Waals surface area contributed by atoms with Gasteiger partial charge in [0.15, 0.2) is 11.5 Å². The van der Waals surface area contributed by atoms with Crippen LogP contribution in [0.15, 0.2) is 47.6 Å². The van der Waals surface area contributed by atoms with Crippen molar-refractivity contribution in [3.8, 4) is 11.5 Å². The maximum Gasteiger partial charge on any atom is 0.449 e. The van der Waals surface area contributed by atoms with Crippen molar-refractivity contribution in [1.29, 1.82) is 0 Å². The highest BCUT2D eigenvalue weighted by atomic mass is 19.4. The van der Waals surface area contributed by atoms with Gasteiger partial charge >= 0.3 is 6.18 Å². The third kappa shape index (κ3) is 5.57. The maximum absolute atomic E-state index is 13.3. The fourth-order valence-corrected chi connectivity index (χ4v) is 2.95. The molecule has 1 N–H and O–H groups in total. The van der Waals surface area contributed by atoms with Crippen LogP contribution in [0.5, 0.6) is 11.5 Å². The number of hydrogen-bond acceptors (Lipinski definition) is 5. The van der Waals surface area contributed by atoms with Crippen molar-refractivity contribution < 1.29 is 27.4 Å². The number of ether oxygens (including phenoxy) is 2. The first-order valence-corrected chi connectivity index (χ1v) is 9.84. The fourth-order valence-electron chi connectivity index (χ4n) is 2.95. The van der Waals surface area contributed by atoms with Gasteiger partial charge in [-0.3, -0.25) is 4.79 Å². The number of methoxy groups -OCH3 is 1. The van der Waals surface area contributed by atoms with E-state index in [0.717, 1.165) is 4.57 Å². The molecule has 1 heterocycles. The van der Waals surface area contributed by atoms with Crippen molar-refractivity contribution in [2.45, 2.75) is 26.6 Å². The van der Waals surface area contributed by atoms with Crippen LogP contribution in [-0.2, 0) is 17.5 Å². The van der Waals surface area contributed by atoms with Gasteiger partial charge in [0.1, 0.15) is 6.54 Å². The second kappa shape index (κ2) is 9.71. The Morgan fingerprint density at radius 1 is 1.22 bits per heavy atom. The smallest absolute Gasteiger partial charge is 0.449 e. The molecule has 2 aromatic carbocycles. The number of nitrogens with one attached hydrogen (secondary N) is 1. The third-order valence-electron chi connectivity index (χ3n) is 4.37. The number of halogens is 3. The predicted octanol–water partition coefficient (Wildman–Crippen LogP) is 4.25. The number of aromatic nitrogens is 2. The first-order chi connectivity index (χ1) is 15.2. The van der Waals surface area contributed by atoms with Crippen LogP contribution in [0.3, 0.4) is 0 Å². The first kappa shape index (κ1) is 23.1. The Kier molecular flexibility index (Phi) is 7.01. The zero-order chi connectivity index (χ0) is 23.3. The first-order valence-electron chi connectivity index (χ1n) is 9.84. The molecular weight excluding hydrogens is 425 g/mol. The molecule has 0 saturated carbocycles. The van der Waals surface area contributed by atoms with Crippen LogP contribution in [-0.4, -0.2) is 35.4 Å². The van der Waals surface area contributed by atoms with E-state index in [9.17, 15) is 18.0 Å². The second-order valence-corrected chi connectivity index (χ2v) is 7.42. The van der Waals surface area contributed by atoms with Gasteiger partial charge in [0, 0.05) is 0 Å². The van der Waals surface area contributed by atoms with E-state index < -0.39 is 24.5 Å². The van der Waals surface area contributed by atoms with Crippen molar-refractivity contribution in [1.82, 2.24) is 15.0 Å². The molecule has 0 aliphatic rings. The minimum Gasteiger partial charge on any atom is -0.493 e. The minimum absolute atomic E-state index is 0.156. The zero-order valence-electron chi connectivity index (χ0n) is 17.8. The number of rotatable bonds is 8. The highest BCUT2D eigenvalue weighted by molar-refractivity contribution is 5.84. The molecule has 170 valence electrons. The molecule has 0 spiro atoms. The summed E-state index contributed by atoms with van der Waals surface area (Å²) in [4.78, 5) is 15.9. The summed E-state index contributed by atoms with van der Waals surface area (Å²) in [5.41, 5.74) is 3.23.